The lowest BCUT2D eigenvalue weighted by Gasteiger charge is -2.16. The van der Waals surface area contributed by atoms with E-state index in [9.17, 15) is 18.0 Å². The second-order valence-electron chi connectivity index (χ2n) is 3.28. The highest BCUT2D eigenvalue weighted by molar-refractivity contribution is 5.73. The molecule has 5 nitrogen and oxygen atoms in total. The zero-order valence-electron chi connectivity index (χ0n) is 8.27. The van der Waals surface area contributed by atoms with E-state index in [0.29, 0.717) is 0 Å². The molecule has 1 aromatic heterocycles. The van der Waals surface area contributed by atoms with Gasteiger partial charge in [0.05, 0.1) is 6.04 Å². The molecule has 0 fully saturated rings. The number of carboxylic acid groups (broad SMARTS) is 1. The number of carbonyl (C=O) groups is 1. The SMILES string of the molecule is CC(C(N)C(=O)O)n1ccc(C(F)(F)F)n1. The molecular weight excluding hydrogens is 227 g/mol. The zero-order valence-corrected chi connectivity index (χ0v) is 8.27. The summed E-state index contributed by atoms with van der Waals surface area (Å²) >= 11 is 0. The Balaban J connectivity index is 2.90. The van der Waals surface area contributed by atoms with Gasteiger partial charge in [-0.05, 0) is 13.0 Å². The van der Waals surface area contributed by atoms with Crippen molar-refractivity contribution in [2.45, 2.75) is 25.2 Å². The van der Waals surface area contributed by atoms with Gasteiger partial charge >= 0.3 is 12.1 Å². The number of rotatable bonds is 3. The zero-order chi connectivity index (χ0) is 12.5. The highest BCUT2D eigenvalue weighted by Crippen LogP contribution is 2.27. The minimum Gasteiger partial charge on any atom is -0.480 e. The minimum absolute atomic E-state index is 0.769. The molecule has 0 radical (unpaired) electrons. The second kappa shape index (κ2) is 4.12. The summed E-state index contributed by atoms with van der Waals surface area (Å²) in [6.07, 6.45) is -3.49. The van der Waals surface area contributed by atoms with Gasteiger partial charge in [-0.1, -0.05) is 0 Å². The molecule has 0 bridgehead atoms. The molecule has 0 aliphatic carbocycles. The number of alkyl halides is 3. The maximum Gasteiger partial charge on any atom is 0.435 e. The van der Waals surface area contributed by atoms with E-state index in [1.54, 1.807) is 0 Å². The van der Waals surface area contributed by atoms with Crippen molar-refractivity contribution in [2.24, 2.45) is 5.73 Å². The molecule has 1 heterocycles. The Labute approximate surface area is 88.7 Å². The van der Waals surface area contributed by atoms with E-state index < -0.39 is 29.9 Å². The van der Waals surface area contributed by atoms with Gasteiger partial charge in [0.1, 0.15) is 6.04 Å². The summed E-state index contributed by atoms with van der Waals surface area (Å²) in [5.41, 5.74) is 4.20. The number of nitrogens with zero attached hydrogens (tertiary/aromatic N) is 2. The van der Waals surface area contributed by atoms with Gasteiger partial charge in [-0.25, -0.2) is 0 Å². The largest absolute Gasteiger partial charge is 0.480 e. The van der Waals surface area contributed by atoms with Crippen molar-refractivity contribution < 1.29 is 23.1 Å². The lowest BCUT2D eigenvalue weighted by Crippen LogP contribution is -2.38. The summed E-state index contributed by atoms with van der Waals surface area (Å²) in [4.78, 5) is 10.5. The van der Waals surface area contributed by atoms with E-state index in [2.05, 4.69) is 5.10 Å². The van der Waals surface area contributed by atoms with E-state index >= 15 is 0 Å². The van der Waals surface area contributed by atoms with E-state index in [0.717, 1.165) is 16.9 Å². The monoisotopic (exact) mass is 237 g/mol. The number of aromatic nitrogens is 2. The predicted octanol–water partition coefficient (Wildman–Crippen LogP) is 0.875. The fourth-order valence-electron chi connectivity index (χ4n) is 1.09. The van der Waals surface area contributed by atoms with Crippen molar-refractivity contribution in [3.8, 4) is 0 Å². The van der Waals surface area contributed by atoms with Crippen LogP contribution in [0.3, 0.4) is 0 Å². The first kappa shape index (κ1) is 12.5. The van der Waals surface area contributed by atoms with Gasteiger partial charge < -0.3 is 10.8 Å². The number of hydrogen-bond donors (Lipinski definition) is 2. The molecule has 8 heteroatoms. The molecule has 0 aromatic carbocycles. The molecule has 16 heavy (non-hydrogen) atoms. The molecule has 0 amide bonds. The Hall–Kier alpha value is -1.57. The first-order valence-electron chi connectivity index (χ1n) is 4.34. The number of hydrogen-bond acceptors (Lipinski definition) is 3. The molecular formula is C8H10F3N3O2. The summed E-state index contributed by atoms with van der Waals surface area (Å²) in [5.74, 6) is -1.29. The van der Waals surface area contributed by atoms with Crippen LogP contribution >= 0.6 is 0 Å². The van der Waals surface area contributed by atoms with Gasteiger partial charge in [-0.3, -0.25) is 9.48 Å². The maximum absolute atomic E-state index is 12.2. The molecule has 90 valence electrons. The van der Waals surface area contributed by atoms with Crippen LogP contribution in [-0.4, -0.2) is 26.9 Å². The normalized spacial score (nSPS) is 15.8. The van der Waals surface area contributed by atoms with Crippen molar-refractivity contribution in [3.05, 3.63) is 18.0 Å². The third-order valence-electron chi connectivity index (χ3n) is 2.12. The van der Waals surface area contributed by atoms with Gasteiger partial charge in [0.25, 0.3) is 0 Å². The molecule has 0 saturated carbocycles. The van der Waals surface area contributed by atoms with Crippen molar-refractivity contribution in [2.75, 3.05) is 0 Å². The van der Waals surface area contributed by atoms with E-state index in [1.165, 1.54) is 6.92 Å². The van der Waals surface area contributed by atoms with Gasteiger partial charge in [-0.2, -0.15) is 18.3 Å². The second-order valence-corrected chi connectivity index (χ2v) is 3.28. The van der Waals surface area contributed by atoms with Crippen molar-refractivity contribution in [3.63, 3.8) is 0 Å². The van der Waals surface area contributed by atoms with Crippen molar-refractivity contribution in [1.82, 2.24) is 9.78 Å². The first-order valence-corrected chi connectivity index (χ1v) is 4.34. The van der Waals surface area contributed by atoms with Crippen LogP contribution in [0.15, 0.2) is 12.3 Å². The third kappa shape index (κ3) is 2.51. The summed E-state index contributed by atoms with van der Waals surface area (Å²) in [5, 5.41) is 11.8. The Kier molecular flexibility index (Phi) is 3.22. The topological polar surface area (TPSA) is 81.1 Å². The Morgan fingerprint density at radius 3 is 2.56 bits per heavy atom. The number of aliphatic carboxylic acids is 1. The van der Waals surface area contributed by atoms with Crippen molar-refractivity contribution in [1.29, 1.82) is 0 Å². The summed E-state index contributed by atoms with van der Waals surface area (Å²) in [6, 6.07) is -1.39. The number of halogens is 3. The summed E-state index contributed by atoms with van der Waals surface area (Å²) in [6.45, 7) is 1.38. The molecule has 0 aliphatic heterocycles. The standard InChI is InChI=1S/C8H10F3N3O2/c1-4(6(12)7(15)16)14-3-2-5(13-14)8(9,10)11/h2-4,6H,12H2,1H3,(H,15,16). The van der Waals surface area contributed by atoms with Gasteiger partial charge in [0.2, 0.25) is 0 Å². The lowest BCUT2D eigenvalue weighted by molar-refractivity contribution is -0.141. The average Bonchev–Trinajstić information content (AvgIpc) is 2.63. The maximum atomic E-state index is 12.2. The Morgan fingerprint density at radius 1 is 1.62 bits per heavy atom. The van der Waals surface area contributed by atoms with Crippen LogP contribution < -0.4 is 5.73 Å². The van der Waals surface area contributed by atoms with Gasteiger partial charge in [0, 0.05) is 6.20 Å². The van der Waals surface area contributed by atoms with Crippen LogP contribution in [-0.2, 0) is 11.0 Å². The number of nitrogens with two attached hydrogens (primary N) is 1. The van der Waals surface area contributed by atoms with Crippen LogP contribution in [0.1, 0.15) is 18.7 Å². The Morgan fingerprint density at radius 2 is 2.19 bits per heavy atom. The summed E-state index contributed by atoms with van der Waals surface area (Å²) < 4.78 is 37.5. The third-order valence-corrected chi connectivity index (χ3v) is 2.12. The van der Waals surface area contributed by atoms with Gasteiger partial charge in [0.15, 0.2) is 5.69 Å². The van der Waals surface area contributed by atoms with E-state index in [-0.39, 0.29) is 0 Å². The Bertz CT molecular complexity index is 388. The van der Waals surface area contributed by atoms with Crippen LogP contribution in [0.25, 0.3) is 0 Å². The van der Waals surface area contributed by atoms with E-state index in [1.807, 2.05) is 0 Å². The fourth-order valence-corrected chi connectivity index (χ4v) is 1.09. The lowest BCUT2D eigenvalue weighted by atomic mass is 10.1. The average molecular weight is 237 g/mol. The highest BCUT2D eigenvalue weighted by Gasteiger charge is 2.34. The molecule has 0 saturated heterocycles. The summed E-state index contributed by atoms with van der Waals surface area (Å²) in [7, 11) is 0. The highest BCUT2D eigenvalue weighted by atomic mass is 19.4. The molecule has 2 unspecified atom stereocenters. The van der Waals surface area contributed by atoms with Crippen molar-refractivity contribution >= 4 is 5.97 Å². The minimum atomic E-state index is -4.54. The van der Waals surface area contributed by atoms with Crippen LogP contribution in [0.5, 0.6) is 0 Å². The number of carboxylic acids is 1. The quantitative estimate of drug-likeness (QED) is 0.817. The molecule has 2 atom stereocenters. The van der Waals surface area contributed by atoms with Crippen LogP contribution in [0, 0.1) is 0 Å². The predicted molar refractivity (Wildman–Crippen MR) is 47.6 cm³/mol. The first-order chi connectivity index (χ1) is 7.23. The molecule has 3 N–H and O–H groups in total. The molecule has 1 aromatic rings. The van der Waals surface area contributed by atoms with E-state index in [4.69, 9.17) is 10.8 Å². The smallest absolute Gasteiger partial charge is 0.435 e. The molecule has 0 spiro atoms. The molecule has 0 aliphatic rings. The van der Waals surface area contributed by atoms with Crippen LogP contribution in [0.4, 0.5) is 13.2 Å². The fraction of sp³-hybridized carbons (Fsp3) is 0.500. The molecule has 1 rings (SSSR count). The van der Waals surface area contributed by atoms with Crippen LogP contribution in [0.2, 0.25) is 0 Å². The van der Waals surface area contributed by atoms with Gasteiger partial charge in [-0.15, -0.1) is 0 Å².